The quantitative estimate of drug-likeness (QED) is 0.679. The Bertz CT molecular complexity index is 629. The summed E-state index contributed by atoms with van der Waals surface area (Å²) in [6.45, 7) is 1.87. The fourth-order valence-corrected chi connectivity index (χ4v) is 2.13. The molecule has 16 heavy (non-hydrogen) atoms. The molecule has 0 aliphatic carbocycles. The van der Waals surface area contributed by atoms with E-state index in [9.17, 15) is 4.79 Å². The second-order valence-electron chi connectivity index (χ2n) is 3.71. The molecule has 2 aromatic rings. The smallest absolute Gasteiger partial charge is 0.256 e. The molecule has 1 N–H and O–H groups in total. The summed E-state index contributed by atoms with van der Waals surface area (Å²) in [7, 11) is 0. The van der Waals surface area contributed by atoms with E-state index < -0.39 is 0 Å². The first-order valence-corrected chi connectivity index (χ1v) is 5.17. The van der Waals surface area contributed by atoms with Crippen molar-refractivity contribution in [3.05, 3.63) is 42.1 Å². The third-order valence-electron chi connectivity index (χ3n) is 2.84. The number of carbonyl (C=O) groups is 1. The van der Waals surface area contributed by atoms with Crippen LogP contribution in [0.4, 0.5) is 5.69 Å². The Morgan fingerprint density at radius 1 is 1.31 bits per heavy atom. The number of aromatic nitrogens is 1. The molecular formula is C13H10N2O. The zero-order chi connectivity index (χ0) is 11.1. The Morgan fingerprint density at radius 3 is 3.00 bits per heavy atom. The molecule has 0 radical (unpaired) electrons. The van der Waals surface area contributed by atoms with Crippen molar-refractivity contribution in [1.29, 1.82) is 0 Å². The van der Waals surface area contributed by atoms with Crippen molar-refractivity contribution in [2.45, 2.75) is 6.92 Å². The van der Waals surface area contributed by atoms with Gasteiger partial charge >= 0.3 is 0 Å². The number of carbonyl (C=O) groups excluding carboxylic acids is 1. The van der Waals surface area contributed by atoms with E-state index in [2.05, 4.69) is 10.3 Å². The zero-order valence-corrected chi connectivity index (χ0v) is 8.82. The fraction of sp³-hybridized carbons (Fsp3) is 0.0769. The van der Waals surface area contributed by atoms with Crippen LogP contribution in [0, 0.1) is 0 Å². The van der Waals surface area contributed by atoms with Crippen molar-refractivity contribution in [3.8, 4) is 0 Å². The first-order valence-electron chi connectivity index (χ1n) is 5.17. The molecule has 0 saturated heterocycles. The summed E-state index contributed by atoms with van der Waals surface area (Å²) in [5.41, 5.74) is 3.49. The number of anilines is 1. The molecule has 1 amide bonds. The number of hydrogen-bond acceptors (Lipinski definition) is 2. The number of rotatable bonds is 0. The van der Waals surface area contributed by atoms with Gasteiger partial charge in [-0.15, -0.1) is 0 Å². The van der Waals surface area contributed by atoms with Crippen LogP contribution in [-0.2, 0) is 4.79 Å². The Balaban J connectivity index is 2.44. The molecule has 1 aliphatic rings. The minimum absolute atomic E-state index is 0.0335. The molecule has 0 unspecified atom stereocenters. The third kappa shape index (κ3) is 1.08. The highest BCUT2D eigenvalue weighted by Gasteiger charge is 2.25. The molecule has 0 fully saturated rings. The normalized spacial score (nSPS) is 16.6. The van der Waals surface area contributed by atoms with E-state index in [-0.39, 0.29) is 5.91 Å². The summed E-state index contributed by atoms with van der Waals surface area (Å²) in [4.78, 5) is 16.0. The predicted molar refractivity (Wildman–Crippen MR) is 64.0 cm³/mol. The summed E-state index contributed by atoms with van der Waals surface area (Å²) >= 11 is 0. The van der Waals surface area contributed by atoms with E-state index in [4.69, 9.17) is 0 Å². The first-order chi connectivity index (χ1) is 7.81. The van der Waals surface area contributed by atoms with Crippen LogP contribution >= 0.6 is 0 Å². The summed E-state index contributed by atoms with van der Waals surface area (Å²) in [6, 6.07) is 7.70. The van der Waals surface area contributed by atoms with Crippen LogP contribution in [0.25, 0.3) is 16.5 Å². The lowest BCUT2D eigenvalue weighted by Gasteiger charge is -2.03. The van der Waals surface area contributed by atoms with Gasteiger partial charge in [-0.2, -0.15) is 0 Å². The van der Waals surface area contributed by atoms with E-state index in [1.165, 1.54) is 0 Å². The molecule has 1 aromatic carbocycles. The lowest BCUT2D eigenvalue weighted by Crippen LogP contribution is -2.03. The average Bonchev–Trinajstić information content (AvgIpc) is 2.65. The third-order valence-corrected chi connectivity index (χ3v) is 2.84. The molecule has 0 bridgehead atoms. The van der Waals surface area contributed by atoms with Gasteiger partial charge < -0.3 is 5.32 Å². The van der Waals surface area contributed by atoms with E-state index in [1.54, 1.807) is 6.20 Å². The molecule has 3 nitrogen and oxygen atoms in total. The number of hydrogen-bond donors (Lipinski definition) is 1. The topological polar surface area (TPSA) is 42.0 Å². The van der Waals surface area contributed by atoms with Crippen LogP contribution in [0.2, 0.25) is 0 Å². The Hall–Kier alpha value is -2.16. The highest BCUT2D eigenvalue weighted by Crippen LogP contribution is 2.36. The highest BCUT2D eigenvalue weighted by molar-refractivity contribution is 6.34. The molecule has 1 aliphatic heterocycles. The van der Waals surface area contributed by atoms with Crippen molar-refractivity contribution >= 4 is 28.1 Å². The van der Waals surface area contributed by atoms with Gasteiger partial charge in [0.2, 0.25) is 0 Å². The molecule has 0 atom stereocenters. The Morgan fingerprint density at radius 2 is 2.19 bits per heavy atom. The summed E-state index contributed by atoms with van der Waals surface area (Å²) in [5.74, 6) is -0.0335. The maximum atomic E-state index is 11.7. The maximum absolute atomic E-state index is 11.7. The largest absolute Gasteiger partial charge is 0.321 e. The zero-order valence-electron chi connectivity index (χ0n) is 8.82. The van der Waals surface area contributed by atoms with Gasteiger partial charge in [-0.05, 0) is 25.1 Å². The SMILES string of the molecule is C/C=C1\C(=O)Nc2ccc3ncccc3c21. The van der Waals surface area contributed by atoms with Gasteiger partial charge in [0.05, 0.1) is 5.52 Å². The van der Waals surface area contributed by atoms with E-state index >= 15 is 0 Å². The molecule has 3 heteroatoms. The van der Waals surface area contributed by atoms with E-state index in [1.807, 2.05) is 37.3 Å². The van der Waals surface area contributed by atoms with Crippen molar-refractivity contribution in [1.82, 2.24) is 4.98 Å². The predicted octanol–water partition coefficient (Wildman–Crippen LogP) is 2.59. The lowest BCUT2D eigenvalue weighted by atomic mass is 10.0. The lowest BCUT2D eigenvalue weighted by molar-refractivity contribution is -0.110. The number of fused-ring (bicyclic) bond motifs is 3. The van der Waals surface area contributed by atoms with Crippen molar-refractivity contribution in [2.75, 3.05) is 5.32 Å². The van der Waals surface area contributed by atoms with Crippen LogP contribution in [0.5, 0.6) is 0 Å². The van der Waals surface area contributed by atoms with Gasteiger partial charge in [-0.25, -0.2) is 0 Å². The number of allylic oxidation sites excluding steroid dienone is 1. The second-order valence-corrected chi connectivity index (χ2v) is 3.71. The first kappa shape index (κ1) is 9.09. The number of nitrogens with one attached hydrogen (secondary N) is 1. The summed E-state index contributed by atoms with van der Waals surface area (Å²) in [5, 5.41) is 3.88. The molecule has 78 valence electrons. The highest BCUT2D eigenvalue weighted by atomic mass is 16.2. The molecular weight excluding hydrogens is 200 g/mol. The Labute approximate surface area is 92.8 Å². The standard InChI is InChI=1S/C13H10N2O/c1-2-8-12-9-4-3-7-14-10(9)5-6-11(12)15-13(8)16/h2-7H,1H3,(H,15,16)/b8-2-. The number of nitrogens with zero attached hydrogens (tertiary/aromatic N) is 1. The Kier molecular flexibility index (Phi) is 1.80. The van der Waals surface area contributed by atoms with Crippen LogP contribution < -0.4 is 5.32 Å². The fourth-order valence-electron chi connectivity index (χ4n) is 2.13. The van der Waals surface area contributed by atoms with Crippen molar-refractivity contribution in [2.24, 2.45) is 0 Å². The van der Waals surface area contributed by atoms with Crippen LogP contribution in [0.3, 0.4) is 0 Å². The van der Waals surface area contributed by atoms with E-state index in [0.717, 1.165) is 27.7 Å². The van der Waals surface area contributed by atoms with Crippen molar-refractivity contribution < 1.29 is 4.79 Å². The molecule has 3 rings (SSSR count). The van der Waals surface area contributed by atoms with Crippen LogP contribution in [-0.4, -0.2) is 10.9 Å². The van der Waals surface area contributed by atoms with Gasteiger partial charge in [0.15, 0.2) is 0 Å². The van der Waals surface area contributed by atoms with Crippen LogP contribution in [0.15, 0.2) is 36.5 Å². The monoisotopic (exact) mass is 210 g/mol. The molecule has 0 saturated carbocycles. The van der Waals surface area contributed by atoms with Gasteiger partial charge in [-0.1, -0.05) is 12.1 Å². The van der Waals surface area contributed by atoms with Gasteiger partial charge in [0.1, 0.15) is 0 Å². The summed E-state index contributed by atoms with van der Waals surface area (Å²) in [6.07, 6.45) is 3.60. The van der Waals surface area contributed by atoms with E-state index in [0.29, 0.717) is 0 Å². The van der Waals surface area contributed by atoms with Gasteiger partial charge in [0.25, 0.3) is 5.91 Å². The number of benzene rings is 1. The molecule has 2 heterocycles. The second kappa shape index (κ2) is 3.17. The minimum atomic E-state index is -0.0335. The molecule has 0 spiro atoms. The minimum Gasteiger partial charge on any atom is -0.321 e. The average molecular weight is 210 g/mol. The van der Waals surface area contributed by atoms with Crippen LogP contribution in [0.1, 0.15) is 12.5 Å². The number of amides is 1. The maximum Gasteiger partial charge on any atom is 0.256 e. The van der Waals surface area contributed by atoms with Gasteiger partial charge in [0, 0.05) is 28.4 Å². The van der Waals surface area contributed by atoms with Gasteiger partial charge in [-0.3, -0.25) is 9.78 Å². The number of pyridine rings is 1. The summed E-state index contributed by atoms with van der Waals surface area (Å²) < 4.78 is 0. The van der Waals surface area contributed by atoms with Crippen molar-refractivity contribution in [3.63, 3.8) is 0 Å². The molecule has 1 aromatic heterocycles.